The average molecular weight is 487 g/mol. The minimum Gasteiger partial charge on any atom is -0.367 e. The van der Waals surface area contributed by atoms with Crippen LogP contribution in [0.2, 0.25) is 5.02 Å². The summed E-state index contributed by atoms with van der Waals surface area (Å²) in [6.45, 7) is 2.94. The Hall–Kier alpha value is -2.66. The third kappa shape index (κ3) is 3.88. The van der Waals surface area contributed by atoms with Crippen molar-refractivity contribution in [2.75, 3.05) is 26.7 Å². The van der Waals surface area contributed by atoms with Crippen LogP contribution in [0, 0.1) is 0 Å². The number of rotatable bonds is 6. The van der Waals surface area contributed by atoms with E-state index >= 15 is 0 Å². The lowest BCUT2D eigenvalue weighted by atomic mass is 9.74. The number of carbonyl (C=O) groups excluding carboxylic acids is 1. The number of methoxy groups -OCH3 is 1. The number of piperidine rings is 1. The number of amides is 1. The van der Waals surface area contributed by atoms with E-state index in [9.17, 15) is 4.79 Å². The van der Waals surface area contributed by atoms with Gasteiger partial charge >= 0.3 is 0 Å². The van der Waals surface area contributed by atoms with Gasteiger partial charge in [0.15, 0.2) is 6.10 Å². The molecule has 3 aliphatic rings. The number of hydrogen-bond acceptors (Lipinski definition) is 3. The SMILES string of the molecule is CO[C@H](C(=O)NC1CCN(CC23CC(c4ccccc42)c2ccc(Cl)cc23)CC1)c1ccccc1. The Kier molecular flexibility index (Phi) is 5.92. The third-order valence-corrected chi connectivity index (χ3v) is 8.55. The van der Waals surface area contributed by atoms with Crippen LogP contribution < -0.4 is 5.32 Å². The van der Waals surface area contributed by atoms with E-state index in [-0.39, 0.29) is 17.4 Å². The van der Waals surface area contributed by atoms with E-state index < -0.39 is 6.10 Å². The molecule has 4 nitrogen and oxygen atoms in total. The molecule has 0 radical (unpaired) electrons. The summed E-state index contributed by atoms with van der Waals surface area (Å²) in [5, 5.41) is 4.07. The zero-order chi connectivity index (χ0) is 24.0. The summed E-state index contributed by atoms with van der Waals surface area (Å²) in [6, 6.07) is 25.3. The van der Waals surface area contributed by atoms with Gasteiger partial charge in [0.1, 0.15) is 0 Å². The Labute approximate surface area is 212 Å². The number of likely N-dealkylation sites (tertiary alicyclic amines) is 1. The maximum absolute atomic E-state index is 13.0. The van der Waals surface area contributed by atoms with E-state index in [1.54, 1.807) is 7.11 Å². The van der Waals surface area contributed by atoms with Gasteiger partial charge in [-0.25, -0.2) is 0 Å². The van der Waals surface area contributed by atoms with Gasteiger partial charge in [-0.05, 0) is 59.2 Å². The van der Waals surface area contributed by atoms with E-state index in [0.717, 1.165) is 49.5 Å². The fraction of sp³-hybridized carbons (Fsp3) is 0.367. The van der Waals surface area contributed by atoms with Crippen LogP contribution in [0.15, 0.2) is 72.8 Å². The molecule has 6 rings (SSSR count). The molecule has 1 aliphatic heterocycles. The van der Waals surface area contributed by atoms with Gasteiger partial charge in [0.25, 0.3) is 5.91 Å². The summed E-state index contributed by atoms with van der Waals surface area (Å²) in [7, 11) is 1.59. The third-order valence-electron chi connectivity index (χ3n) is 8.31. The van der Waals surface area contributed by atoms with Gasteiger partial charge in [0.05, 0.1) is 0 Å². The van der Waals surface area contributed by atoms with Crippen molar-refractivity contribution in [1.82, 2.24) is 10.2 Å². The summed E-state index contributed by atoms with van der Waals surface area (Å²) in [4.78, 5) is 15.5. The van der Waals surface area contributed by atoms with Gasteiger partial charge in [-0.15, -0.1) is 0 Å². The molecule has 2 unspecified atom stereocenters. The summed E-state index contributed by atoms with van der Waals surface area (Å²) in [5.41, 5.74) is 6.71. The van der Waals surface area contributed by atoms with Crippen molar-refractivity contribution in [1.29, 1.82) is 0 Å². The van der Waals surface area contributed by atoms with Crippen LogP contribution in [0.5, 0.6) is 0 Å². The minimum absolute atomic E-state index is 0.00599. The van der Waals surface area contributed by atoms with Gasteiger partial charge in [-0.3, -0.25) is 4.79 Å². The topological polar surface area (TPSA) is 41.6 Å². The Morgan fingerprint density at radius 1 is 1.03 bits per heavy atom. The molecule has 2 bridgehead atoms. The highest BCUT2D eigenvalue weighted by Gasteiger charge is 2.53. The minimum atomic E-state index is -0.570. The number of benzene rings is 3. The molecule has 3 aromatic rings. The lowest BCUT2D eigenvalue weighted by Crippen LogP contribution is -2.49. The Bertz CT molecular complexity index is 1240. The number of nitrogens with one attached hydrogen (secondary N) is 1. The molecular weight excluding hydrogens is 456 g/mol. The van der Waals surface area contributed by atoms with Crippen molar-refractivity contribution in [2.24, 2.45) is 0 Å². The molecule has 1 saturated heterocycles. The van der Waals surface area contributed by atoms with Gasteiger partial charge in [-0.1, -0.05) is 72.3 Å². The lowest BCUT2D eigenvalue weighted by molar-refractivity contribution is -0.132. The number of ether oxygens (including phenoxy) is 1. The predicted molar refractivity (Wildman–Crippen MR) is 139 cm³/mol. The van der Waals surface area contributed by atoms with Crippen LogP contribution in [-0.4, -0.2) is 43.6 Å². The second kappa shape index (κ2) is 9.09. The smallest absolute Gasteiger partial charge is 0.253 e. The standard InChI is InChI=1S/C30H31ClN2O2/c1-35-28(20-7-3-2-4-8-20)29(34)32-22-13-15-33(16-14-22)19-30-18-25(23-9-5-6-10-26(23)30)24-12-11-21(31)17-27(24)30/h2-12,17,22,25,28H,13-16,18-19H2,1H3,(H,32,34)/t25?,28-,30?/m0/s1. The molecule has 1 amide bonds. The molecule has 1 N–H and O–H groups in total. The van der Waals surface area contributed by atoms with Crippen molar-refractivity contribution in [3.8, 4) is 0 Å². The molecule has 1 fully saturated rings. The quantitative estimate of drug-likeness (QED) is 0.504. The first kappa shape index (κ1) is 22.8. The molecule has 35 heavy (non-hydrogen) atoms. The molecule has 2 aliphatic carbocycles. The summed E-state index contributed by atoms with van der Waals surface area (Å²) in [5.74, 6) is 0.418. The lowest BCUT2D eigenvalue weighted by Gasteiger charge is -2.40. The molecule has 5 heteroatoms. The van der Waals surface area contributed by atoms with Crippen LogP contribution in [0.1, 0.15) is 59.1 Å². The van der Waals surface area contributed by atoms with Crippen molar-refractivity contribution >= 4 is 17.5 Å². The predicted octanol–water partition coefficient (Wildman–Crippen LogP) is 5.44. The van der Waals surface area contributed by atoms with Gasteiger partial charge in [0, 0.05) is 49.1 Å². The normalized spacial score (nSPS) is 24.1. The van der Waals surface area contributed by atoms with Crippen LogP contribution in [0.25, 0.3) is 0 Å². The van der Waals surface area contributed by atoms with Crippen molar-refractivity contribution in [2.45, 2.75) is 42.7 Å². The highest BCUT2D eigenvalue weighted by atomic mass is 35.5. The van der Waals surface area contributed by atoms with Crippen molar-refractivity contribution in [3.63, 3.8) is 0 Å². The largest absolute Gasteiger partial charge is 0.367 e. The number of fused-ring (bicyclic) bond motifs is 8. The first-order valence-corrected chi connectivity index (χ1v) is 13.0. The highest BCUT2D eigenvalue weighted by Crippen LogP contribution is 2.60. The maximum atomic E-state index is 13.0. The molecule has 1 heterocycles. The van der Waals surface area contributed by atoms with Gasteiger partial charge < -0.3 is 15.0 Å². The molecule has 3 aromatic carbocycles. The highest BCUT2D eigenvalue weighted by molar-refractivity contribution is 6.30. The van der Waals surface area contributed by atoms with Crippen molar-refractivity contribution in [3.05, 3.63) is 106 Å². The second-order valence-electron chi connectivity index (χ2n) is 10.2. The van der Waals surface area contributed by atoms with Crippen LogP contribution in [0.4, 0.5) is 0 Å². The molecule has 180 valence electrons. The Morgan fingerprint density at radius 2 is 1.74 bits per heavy atom. The fourth-order valence-electron chi connectivity index (χ4n) is 6.74. The number of carbonyl (C=O) groups is 1. The number of hydrogen-bond donors (Lipinski definition) is 1. The first-order valence-electron chi connectivity index (χ1n) is 12.6. The summed E-state index contributed by atoms with van der Waals surface area (Å²) in [6.07, 6.45) is 2.45. The van der Waals surface area contributed by atoms with E-state index in [4.69, 9.17) is 16.3 Å². The number of nitrogens with zero attached hydrogens (tertiary/aromatic N) is 1. The molecular formula is C30H31ClN2O2. The average Bonchev–Trinajstić information content (AvgIpc) is 3.38. The van der Waals surface area contributed by atoms with Crippen LogP contribution >= 0.6 is 11.6 Å². The Balaban J connectivity index is 1.15. The zero-order valence-electron chi connectivity index (χ0n) is 20.0. The van der Waals surface area contributed by atoms with Gasteiger partial charge in [-0.2, -0.15) is 0 Å². The molecule has 3 atom stereocenters. The van der Waals surface area contributed by atoms with Crippen molar-refractivity contribution < 1.29 is 9.53 Å². The monoisotopic (exact) mass is 486 g/mol. The van der Waals surface area contributed by atoms with E-state index in [1.807, 2.05) is 36.4 Å². The molecule has 0 spiro atoms. The van der Waals surface area contributed by atoms with Gasteiger partial charge in [0.2, 0.25) is 0 Å². The molecule has 0 saturated carbocycles. The maximum Gasteiger partial charge on any atom is 0.253 e. The number of halogens is 1. The molecule has 0 aromatic heterocycles. The van der Waals surface area contributed by atoms with Crippen LogP contribution in [-0.2, 0) is 14.9 Å². The summed E-state index contributed by atoms with van der Waals surface area (Å²) >= 11 is 6.48. The first-order chi connectivity index (χ1) is 17.1. The zero-order valence-corrected chi connectivity index (χ0v) is 20.8. The fourth-order valence-corrected chi connectivity index (χ4v) is 6.91. The van der Waals surface area contributed by atoms with E-state index in [0.29, 0.717) is 5.92 Å². The van der Waals surface area contributed by atoms with Crippen LogP contribution in [0.3, 0.4) is 0 Å². The van der Waals surface area contributed by atoms with E-state index in [2.05, 4.69) is 46.6 Å². The second-order valence-corrected chi connectivity index (χ2v) is 10.7. The summed E-state index contributed by atoms with van der Waals surface area (Å²) < 4.78 is 5.52. The Morgan fingerprint density at radius 3 is 2.51 bits per heavy atom. The van der Waals surface area contributed by atoms with E-state index in [1.165, 1.54) is 22.3 Å².